The topological polar surface area (TPSA) is 64.2 Å². The van der Waals surface area contributed by atoms with Gasteiger partial charge < -0.3 is 14.5 Å². The van der Waals surface area contributed by atoms with Crippen molar-refractivity contribution in [1.29, 1.82) is 0 Å². The van der Waals surface area contributed by atoms with Gasteiger partial charge in [-0.15, -0.1) is 0 Å². The fourth-order valence-electron chi connectivity index (χ4n) is 1.91. The van der Waals surface area contributed by atoms with Crippen LogP contribution < -0.4 is 15.0 Å². The molecule has 100 valence electrons. The first-order valence-electron chi connectivity index (χ1n) is 6.01. The summed E-state index contributed by atoms with van der Waals surface area (Å²) in [5.74, 6) is 1.88. The van der Waals surface area contributed by atoms with Crippen LogP contribution in [0.5, 0.6) is 11.5 Å². The zero-order valence-corrected chi connectivity index (χ0v) is 11.2. The Bertz CT molecular complexity index is 613. The van der Waals surface area contributed by atoms with Crippen molar-refractivity contribution in [2.24, 2.45) is 0 Å². The third kappa shape index (κ3) is 2.59. The predicted molar refractivity (Wildman–Crippen MR) is 72.8 cm³/mol. The fraction of sp³-hybridized carbons (Fsp3) is 0.286. The molecule has 0 aliphatic rings. The smallest absolute Gasteiger partial charge is 0.251 e. The number of ether oxygens (including phenoxy) is 2. The fourth-order valence-corrected chi connectivity index (χ4v) is 1.91. The van der Waals surface area contributed by atoms with Gasteiger partial charge in [0.1, 0.15) is 17.3 Å². The number of rotatable bonds is 4. The number of benzene rings is 1. The Morgan fingerprint density at radius 3 is 2.37 bits per heavy atom. The maximum Gasteiger partial charge on any atom is 0.251 e. The molecule has 19 heavy (non-hydrogen) atoms. The molecule has 0 radical (unpaired) electrons. The van der Waals surface area contributed by atoms with Gasteiger partial charge in [-0.05, 0) is 12.1 Å². The van der Waals surface area contributed by atoms with Crippen LogP contribution in [0.25, 0.3) is 11.3 Å². The van der Waals surface area contributed by atoms with Gasteiger partial charge in [0.2, 0.25) is 0 Å². The highest BCUT2D eigenvalue weighted by atomic mass is 16.5. The molecule has 0 unspecified atom stereocenters. The number of aromatic nitrogens is 2. The van der Waals surface area contributed by atoms with E-state index in [4.69, 9.17) is 9.47 Å². The molecule has 0 aliphatic carbocycles. The highest BCUT2D eigenvalue weighted by molar-refractivity contribution is 5.74. The Balaban J connectivity index is 2.70. The Hall–Kier alpha value is -2.30. The van der Waals surface area contributed by atoms with E-state index in [0.717, 1.165) is 0 Å². The minimum atomic E-state index is -0.185. The summed E-state index contributed by atoms with van der Waals surface area (Å²) in [4.78, 5) is 18.8. The maximum absolute atomic E-state index is 11.7. The third-order valence-electron chi connectivity index (χ3n) is 2.81. The molecule has 2 aromatic rings. The van der Waals surface area contributed by atoms with Crippen LogP contribution in [0.2, 0.25) is 0 Å². The van der Waals surface area contributed by atoms with E-state index in [1.54, 1.807) is 14.2 Å². The Kier molecular flexibility index (Phi) is 3.85. The highest BCUT2D eigenvalue weighted by Crippen LogP contribution is 2.36. The minimum Gasteiger partial charge on any atom is -0.496 e. The summed E-state index contributed by atoms with van der Waals surface area (Å²) in [5.41, 5.74) is 1.05. The Morgan fingerprint density at radius 2 is 1.84 bits per heavy atom. The number of methoxy groups -OCH3 is 2. The van der Waals surface area contributed by atoms with E-state index < -0.39 is 0 Å². The molecule has 0 bridgehead atoms. The molecule has 0 amide bonds. The SMILES string of the molecule is CCc1nc(-c2c(OC)cccc2OC)cc(=O)[nH]1. The average Bonchev–Trinajstić information content (AvgIpc) is 2.45. The summed E-state index contributed by atoms with van der Waals surface area (Å²) in [6.07, 6.45) is 0.653. The summed E-state index contributed by atoms with van der Waals surface area (Å²) < 4.78 is 10.6. The Labute approximate surface area is 111 Å². The van der Waals surface area contributed by atoms with Crippen molar-refractivity contribution < 1.29 is 9.47 Å². The predicted octanol–water partition coefficient (Wildman–Crippen LogP) is 2.02. The van der Waals surface area contributed by atoms with E-state index >= 15 is 0 Å². The van der Waals surface area contributed by atoms with Crippen molar-refractivity contribution in [2.45, 2.75) is 13.3 Å². The van der Waals surface area contributed by atoms with E-state index in [9.17, 15) is 4.79 Å². The van der Waals surface area contributed by atoms with E-state index in [0.29, 0.717) is 35.0 Å². The maximum atomic E-state index is 11.7. The second-order valence-corrected chi connectivity index (χ2v) is 3.97. The van der Waals surface area contributed by atoms with Crippen molar-refractivity contribution >= 4 is 0 Å². The number of hydrogen-bond acceptors (Lipinski definition) is 4. The molecule has 1 aromatic carbocycles. The van der Waals surface area contributed by atoms with Crippen molar-refractivity contribution in [3.8, 4) is 22.8 Å². The average molecular weight is 260 g/mol. The number of nitrogens with one attached hydrogen (secondary N) is 1. The molecule has 0 atom stereocenters. The van der Waals surface area contributed by atoms with Gasteiger partial charge in [0, 0.05) is 12.5 Å². The van der Waals surface area contributed by atoms with Crippen molar-refractivity contribution in [3.05, 3.63) is 40.4 Å². The van der Waals surface area contributed by atoms with Crippen LogP contribution in [-0.2, 0) is 6.42 Å². The molecule has 5 heteroatoms. The zero-order valence-electron chi connectivity index (χ0n) is 11.2. The van der Waals surface area contributed by atoms with Gasteiger partial charge in [0.05, 0.1) is 25.5 Å². The number of H-pyrrole nitrogens is 1. The number of aryl methyl sites for hydroxylation is 1. The second-order valence-electron chi connectivity index (χ2n) is 3.97. The monoisotopic (exact) mass is 260 g/mol. The van der Waals surface area contributed by atoms with E-state index in [-0.39, 0.29) is 5.56 Å². The molecule has 2 rings (SSSR count). The van der Waals surface area contributed by atoms with Gasteiger partial charge in [-0.25, -0.2) is 4.98 Å². The molecule has 0 saturated carbocycles. The van der Waals surface area contributed by atoms with Gasteiger partial charge >= 0.3 is 0 Å². The third-order valence-corrected chi connectivity index (χ3v) is 2.81. The van der Waals surface area contributed by atoms with Crippen LogP contribution in [0.1, 0.15) is 12.7 Å². The standard InChI is InChI=1S/C14H16N2O3/c1-4-12-15-9(8-13(17)16-12)14-10(18-2)6-5-7-11(14)19-3/h5-8H,4H2,1-3H3,(H,15,16,17). The van der Waals surface area contributed by atoms with Crippen LogP contribution in [-0.4, -0.2) is 24.2 Å². The van der Waals surface area contributed by atoms with Crippen LogP contribution in [0.4, 0.5) is 0 Å². The van der Waals surface area contributed by atoms with Gasteiger partial charge in [0.15, 0.2) is 0 Å². The zero-order chi connectivity index (χ0) is 13.8. The first kappa shape index (κ1) is 13.1. The minimum absolute atomic E-state index is 0.185. The lowest BCUT2D eigenvalue weighted by Crippen LogP contribution is -2.11. The summed E-state index contributed by atoms with van der Waals surface area (Å²) in [6, 6.07) is 6.90. The molecule has 5 nitrogen and oxygen atoms in total. The van der Waals surface area contributed by atoms with E-state index in [1.807, 2.05) is 25.1 Å². The molecular formula is C14H16N2O3. The highest BCUT2D eigenvalue weighted by Gasteiger charge is 2.14. The lowest BCUT2D eigenvalue weighted by atomic mass is 10.1. The summed E-state index contributed by atoms with van der Waals surface area (Å²) in [6.45, 7) is 1.93. The van der Waals surface area contributed by atoms with Crippen molar-refractivity contribution in [2.75, 3.05) is 14.2 Å². The normalized spacial score (nSPS) is 10.3. The van der Waals surface area contributed by atoms with Crippen LogP contribution in [0.3, 0.4) is 0 Å². The number of hydrogen-bond donors (Lipinski definition) is 1. The van der Waals surface area contributed by atoms with Gasteiger partial charge in [-0.2, -0.15) is 0 Å². The molecule has 1 heterocycles. The van der Waals surface area contributed by atoms with Gasteiger partial charge in [-0.3, -0.25) is 4.79 Å². The first-order chi connectivity index (χ1) is 9.19. The summed E-state index contributed by atoms with van der Waals surface area (Å²) in [5, 5.41) is 0. The van der Waals surface area contributed by atoms with E-state index in [2.05, 4.69) is 9.97 Å². The number of nitrogens with zero attached hydrogens (tertiary/aromatic N) is 1. The van der Waals surface area contributed by atoms with Crippen LogP contribution in [0, 0.1) is 0 Å². The van der Waals surface area contributed by atoms with Gasteiger partial charge in [-0.1, -0.05) is 13.0 Å². The largest absolute Gasteiger partial charge is 0.496 e. The van der Waals surface area contributed by atoms with Crippen LogP contribution >= 0.6 is 0 Å². The summed E-state index contributed by atoms with van der Waals surface area (Å²) >= 11 is 0. The molecular weight excluding hydrogens is 244 g/mol. The summed E-state index contributed by atoms with van der Waals surface area (Å²) in [7, 11) is 3.15. The lowest BCUT2D eigenvalue weighted by molar-refractivity contribution is 0.397. The molecule has 0 saturated heterocycles. The molecule has 1 N–H and O–H groups in total. The molecule has 1 aromatic heterocycles. The number of aromatic amines is 1. The molecule has 0 aliphatic heterocycles. The van der Waals surface area contributed by atoms with Crippen molar-refractivity contribution in [1.82, 2.24) is 9.97 Å². The first-order valence-corrected chi connectivity index (χ1v) is 6.01. The Morgan fingerprint density at radius 1 is 1.21 bits per heavy atom. The van der Waals surface area contributed by atoms with Crippen LogP contribution in [0.15, 0.2) is 29.1 Å². The second kappa shape index (κ2) is 5.56. The van der Waals surface area contributed by atoms with Gasteiger partial charge in [0.25, 0.3) is 5.56 Å². The lowest BCUT2D eigenvalue weighted by Gasteiger charge is -2.12. The molecule has 0 fully saturated rings. The van der Waals surface area contributed by atoms with E-state index in [1.165, 1.54) is 6.07 Å². The quantitative estimate of drug-likeness (QED) is 0.913. The molecule has 0 spiro atoms. The van der Waals surface area contributed by atoms with Crippen molar-refractivity contribution in [3.63, 3.8) is 0 Å².